The standard InChI is InChI=1S/C20H15NO6/c1-12(22)25-17-9-8-14(11-18(17)26-13(2)23)10-16-20(24)27-19(21-16)15-6-4-3-5-7-15/h3-11H,1-2H3/b16-10-. The Morgan fingerprint density at radius 2 is 1.63 bits per heavy atom. The lowest BCUT2D eigenvalue weighted by atomic mass is 10.1. The highest BCUT2D eigenvalue weighted by Gasteiger charge is 2.24. The maximum absolute atomic E-state index is 12.1. The molecule has 0 fully saturated rings. The van der Waals surface area contributed by atoms with E-state index in [0.717, 1.165) is 0 Å². The van der Waals surface area contributed by atoms with Gasteiger partial charge in [-0.25, -0.2) is 9.79 Å². The number of nitrogens with zero attached hydrogens (tertiary/aromatic N) is 1. The fourth-order valence-electron chi connectivity index (χ4n) is 2.36. The Bertz CT molecular complexity index is 975. The van der Waals surface area contributed by atoms with Crippen LogP contribution in [0.25, 0.3) is 6.08 Å². The summed E-state index contributed by atoms with van der Waals surface area (Å²) in [6.45, 7) is 2.47. The zero-order valence-corrected chi connectivity index (χ0v) is 14.6. The van der Waals surface area contributed by atoms with Crippen molar-refractivity contribution in [2.24, 2.45) is 4.99 Å². The first-order chi connectivity index (χ1) is 12.9. The summed E-state index contributed by atoms with van der Waals surface area (Å²) in [4.78, 5) is 38.7. The van der Waals surface area contributed by atoms with Crippen LogP contribution in [0.3, 0.4) is 0 Å². The molecule has 0 aromatic heterocycles. The van der Waals surface area contributed by atoms with Crippen molar-refractivity contribution in [3.63, 3.8) is 0 Å². The third-order valence-corrected chi connectivity index (χ3v) is 3.42. The molecule has 0 saturated heterocycles. The Balaban J connectivity index is 1.94. The summed E-state index contributed by atoms with van der Waals surface area (Å²) in [5.41, 5.74) is 1.30. The molecule has 0 aliphatic carbocycles. The minimum absolute atomic E-state index is 0.0608. The molecule has 0 atom stereocenters. The van der Waals surface area contributed by atoms with Gasteiger partial charge in [0.2, 0.25) is 5.90 Å². The molecular weight excluding hydrogens is 350 g/mol. The predicted molar refractivity (Wildman–Crippen MR) is 96.1 cm³/mol. The summed E-state index contributed by atoms with van der Waals surface area (Å²) in [7, 11) is 0. The second-order valence-corrected chi connectivity index (χ2v) is 5.60. The van der Waals surface area contributed by atoms with E-state index in [1.54, 1.807) is 18.2 Å². The minimum atomic E-state index is -0.591. The minimum Gasteiger partial charge on any atom is -0.423 e. The van der Waals surface area contributed by atoms with Gasteiger partial charge in [-0.1, -0.05) is 24.3 Å². The van der Waals surface area contributed by atoms with E-state index in [1.165, 1.54) is 32.1 Å². The number of benzene rings is 2. The van der Waals surface area contributed by atoms with Crippen LogP contribution < -0.4 is 9.47 Å². The topological polar surface area (TPSA) is 91.3 Å². The highest BCUT2D eigenvalue weighted by Crippen LogP contribution is 2.30. The summed E-state index contributed by atoms with van der Waals surface area (Å²) in [5, 5.41) is 0. The van der Waals surface area contributed by atoms with Crippen LogP contribution in [-0.2, 0) is 19.1 Å². The van der Waals surface area contributed by atoms with Crippen molar-refractivity contribution >= 4 is 29.9 Å². The number of esters is 3. The van der Waals surface area contributed by atoms with Crippen molar-refractivity contribution in [2.75, 3.05) is 0 Å². The Hall–Kier alpha value is -3.74. The SMILES string of the molecule is CC(=O)Oc1ccc(/C=C2\N=C(c3ccccc3)OC2=O)cc1OC(C)=O. The van der Waals surface area contributed by atoms with Crippen LogP contribution in [-0.4, -0.2) is 23.8 Å². The number of hydrogen-bond donors (Lipinski definition) is 0. The summed E-state index contributed by atoms with van der Waals surface area (Å²) >= 11 is 0. The van der Waals surface area contributed by atoms with Gasteiger partial charge in [-0.15, -0.1) is 0 Å². The van der Waals surface area contributed by atoms with E-state index in [2.05, 4.69) is 4.99 Å². The van der Waals surface area contributed by atoms with Gasteiger partial charge in [-0.2, -0.15) is 0 Å². The predicted octanol–water partition coefficient (Wildman–Crippen LogP) is 2.88. The Morgan fingerprint density at radius 1 is 0.963 bits per heavy atom. The summed E-state index contributed by atoms with van der Waals surface area (Å²) in [6.07, 6.45) is 1.49. The van der Waals surface area contributed by atoms with Gasteiger partial charge in [0.05, 0.1) is 0 Å². The van der Waals surface area contributed by atoms with Crippen molar-refractivity contribution < 1.29 is 28.6 Å². The highest BCUT2D eigenvalue weighted by molar-refractivity contribution is 6.12. The van der Waals surface area contributed by atoms with E-state index in [9.17, 15) is 14.4 Å². The van der Waals surface area contributed by atoms with Crippen molar-refractivity contribution in [1.82, 2.24) is 0 Å². The Kier molecular flexibility index (Phi) is 5.12. The van der Waals surface area contributed by atoms with Crippen LogP contribution in [0.15, 0.2) is 59.2 Å². The van der Waals surface area contributed by atoms with Gasteiger partial charge in [0, 0.05) is 19.4 Å². The number of aliphatic imine (C=N–C) groups is 1. The molecule has 1 heterocycles. The van der Waals surface area contributed by atoms with E-state index >= 15 is 0 Å². The van der Waals surface area contributed by atoms with Crippen LogP contribution in [0, 0.1) is 0 Å². The average Bonchev–Trinajstić information content (AvgIpc) is 2.98. The van der Waals surface area contributed by atoms with Crippen LogP contribution in [0.2, 0.25) is 0 Å². The number of ether oxygens (including phenoxy) is 3. The van der Waals surface area contributed by atoms with Gasteiger partial charge < -0.3 is 14.2 Å². The van der Waals surface area contributed by atoms with Gasteiger partial charge in [-0.05, 0) is 35.9 Å². The van der Waals surface area contributed by atoms with Gasteiger partial charge >= 0.3 is 17.9 Å². The van der Waals surface area contributed by atoms with Crippen LogP contribution >= 0.6 is 0 Å². The third-order valence-electron chi connectivity index (χ3n) is 3.42. The summed E-state index contributed by atoms with van der Waals surface area (Å²) in [5.74, 6) is -1.34. The van der Waals surface area contributed by atoms with Crippen molar-refractivity contribution in [3.8, 4) is 11.5 Å². The lowest BCUT2D eigenvalue weighted by Crippen LogP contribution is -2.07. The number of rotatable bonds is 4. The second kappa shape index (κ2) is 7.65. The summed E-state index contributed by atoms with van der Waals surface area (Å²) in [6, 6.07) is 13.6. The second-order valence-electron chi connectivity index (χ2n) is 5.60. The van der Waals surface area contributed by atoms with Crippen LogP contribution in [0.1, 0.15) is 25.0 Å². The lowest BCUT2D eigenvalue weighted by molar-refractivity contribution is -0.134. The van der Waals surface area contributed by atoms with Crippen LogP contribution in [0.4, 0.5) is 0 Å². The molecule has 2 aromatic rings. The molecule has 2 aromatic carbocycles. The Morgan fingerprint density at radius 3 is 2.30 bits per heavy atom. The van der Waals surface area contributed by atoms with Gasteiger partial charge in [0.25, 0.3) is 0 Å². The van der Waals surface area contributed by atoms with Crippen molar-refractivity contribution in [1.29, 1.82) is 0 Å². The maximum Gasteiger partial charge on any atom is 0.363 e. The number of cyclic esters (lactones) is 1. The normalized spacial score (nSPS) is 14.5. The zero-order chi connectivity index (χ0) is 19.4. The molecule has 0 N–H and O–H groups in total. The molecule has 7 nitrogen and oxygen atoms in total. The lowest BCUT2D eigenvalue weighted by Gasteiger charge is -2.09. The first-order valence-corrected chi connectivity index (χ1v) is 8.01. The van der Waals surface area contributed by atoms with E-state index in [-0.39, 0.29) is 23.1 Å². The van der Waals surface area contributed by atoms with Gasteiger partial charge in [0.1, 0.15) is 0 Å². The van der Waals surface area contributed by atoms with Crippen molar-refractivity contribution in [2.45, 2.75) is 13.8 Å². The van der Waals surface area contributed by atoms with E-state index in [4.69, 9.17) is 14.2 Å². The molecule has 1 aliphatic rings. The quantitative estimate of drug-likeness (QED) is 0.470. The number of carbonyl (C=O) groups excluding carboxylic acids is 3. The largest absolute Gasteiger partial charge is 0.423 e. The smallest absolute Gasteiger partial charge is 0.363 e. The van der Waals surface area contributed by atoms with Crippen LogP contribution in [0.5, 0.6) is 11.5 Å². The molecule has 0 saturated carbocycles. The fraction of sp³-hybridized carbons (Fsp3) is 0.100. The van der Waals surface area contributed by atoms with Gasteiger partial charge in [-0.3, -0.25) is 9.59 Å². The van der Waals surface area contributed by atoms with E-state index < -0.39 is 17.9 Å². The third kappa shape index (κ3) is 4.46. The monoisotopic (exact) mass is 365 g/mol. The fourth-order valence-corrected chi connectivity index (χ4v) is 2.36. The molecule has 0 amide bonds. The number of carbonyl (C=O) groups is 3. The average molecular weight is 365 g/mol. The van der Waals surface area contributed by atoms with Gasteiger partial charge in [0.15, 0.2) is 17.2 Å². The first kappa shape index (κ1) is 18.1. The molecule has 0 radical (unpaired) electrons. The van der Waals surface area contributed by atoms with E-state index in [0.29, 0.717) is 11.1 Å². The number of hydrogen-bond acceptors (Lipinski definition) is 7. The molecule has 1 aliphatic heterocycles. The van der Waals surface area contributed by atoms with Crippen molar-refractivity contribution in [3.05, 3.63) is 65.4 Å². The molecule has 0 spiro atoms. The zero-order valence-electron chi connectivity index (χ0n) is 14.6. The highest BCUT2D eigenvalue weighted by atomic mass is 16.6. The first-order valence-electron chi connectivity index (χ1n) is 8.01. The Labute approximate surface area is 154 Å². The van der Waals surface area contributed by atoms with E-state index in [1.807, 2.05) is 18.2 Å². The molecule has 136 valence electrons. The molecule has 3 rings (SSSR count). The maximum atomic E-state index is 12.1. The molecule has 7 heteroatoms. The summed E-state index contributed by atoms with van der Waals surface area (Å²) < 4.78 is 15.3. The molecule has 27 heavy (non-hydrogen) atoms. The molecule has 0 unspecified atom stereocenters. The molecular formula is C20H15NO6. The molecule has 0 bridgehead atoms.